The van der Waals surface area contributed by atoms with Crippen LogP contribution in [0.4, 0.5) is 0 Å². The van der Waals surface area contributed by atoms with E-state index in [-0.39, 0.29) is 0 Å². The Morgan fingerprint density at radius 1 is 1.33 bits per heavy atom. The average Bonchev–Trinajstić information content (AvgIpc) is 2.02. The van der Waals surface area contributed by atoms with E-state index in [1.54, 1.807) is 0 Å². The molecule has 2 aliphatic heterocycles. The number of hydrogen-bond donors (Lipinski definition) is 1. The minimum atomic E-state index is 0.999. The van der Waals surface area contributed by atoms with Crippen LogP contribution < -0.4 is 5.32 Å². The molecule has 0 amide bonds. The highest BCUT2D eigenvalue weighted by atomic mass is 15.1. The van der Waals surface area contributed by atoms with Gasteiger partial charge in [0, 0.05) is 6.54 Å². The molecule has 2 fully saturated rings. The lowest BCUT2D eigenvalue weighted by atomic mass is 9.82. The zero-order chi connectivity index (χ0) is 8.39. The maximum absolute atomic E-state index is 3.37. The first-order chi connectivity index (χ1) is 5.90. The van der Waals surface area contributed by atoms with Gasteiger partial charge in [0.25, 0.3) is 0 Å². The Morgan fingerprint density at radius 3 is 2.75 bits per heavy atom. The zero-order valence-corrected chi connectivity index (χ0v) is 8.05. The second-order valence-electron chi connectivity index (χ2n) is 4.21. The van der Waals surface area contributed by atoms with Gasteiger partial charge in [-0.15, -0.1) is 0 Å². The third kappa shape index (κ3) is 1.64. The Kier molecular flexibility index (Phi) is 2.66. The van der Waals surface area contributed by atoms with Gasteiger partial charge in [0.05, 0.1) is 0 Å². The van der Waals surface area contributed by atoms with E-state index < -0.39 is 0 Å². The maximum Gasteiger partial charge on any atom is 0.00132 e. The summed E-state index contributed by atoms with van der Waals surface area (Å²) in [5.41, 5.74) is 0. The van der Waals surface area contributed by atoms with E-state index in [1.807, 2.05) is 0 Å². The molecule has 1 N–H and O–H groups in total. The van der Waals surface area contributed by atoms with Gasteiger partial charge < -0.3 is 10.2 Å². The SMILES string of the molecule is CCN1CCCC(C2CNC2)C1. The summed E-state index contributed by atoms with van der Waals surface area (Å²) in [7, 11) is 0. The van der Waals surface area contributed by atoms with Crippen LogP contribution in [0.15, 0.2) is 0 Å². The fourth-order valence-electron chi connectivity index (χ4n) is 2.41. The molecule has 12 heavy (non-hydrogen) atoms. The summed E-state index contributed by atoms with van der Waals surface area (Å²) in [5, 5.41) is 3.37. The van der Waals surface area contributed by atoms with Crippen LogP contribution in [0, 0.1) is 11.8 Å². The minimum Gasteiger partial charge on any atom is -0.316 e. The summed E-state index contributed by atoms with van der Waals surface area (Å²) in [5.74, 6) is 2.00. The lowest BCUT2D eigenvalue weighted by molar-refractivity contribution is 0.112. The van der Waals surface area contributed by atoms with E-state index in [0.717, 1.165) is 11.8 Å². The summed E-state index contributed by atoms with van der Waals surface area (Å²) in [4.78, 5) is 2.60. The third-order valence-corrected chi connectivity index (χ3v) is 3.47. The predicted octanol–water partition coefficient (Wildman–Crippen LogP) is 0.938. The summed E-state index contributed by atoms with van der Waals surface area (Å²) < 4.78 is 0. The molecule has 2 heterocycles. The highest BCUT2D eigenvalue weighted by Gasteiger charge is 2.29. The Hall–Kier alpha value is -0.0800. The smallest absolute Gasteiger partial charge is 0.00132 e. The molecule has 2 rings (SSSR count). The monoisotopic (exact) mass is 168 g/mol. The van der Waals surface area contributed by atoms with Crippen molar-refractivity contribution in [2.24, 2.45) is 11.8 Å². The molecule has 0 aromatic rings. The van der Waals surface area contributed by atoms with Gasteiger partial charge in [-0.25, -0.2) is 0 Å². The van der Waals surface area contributed by atoms with Crippen molar-refractivity contribution >= 4 is 0 Å². The maximum atomic E-state index is 3.37. The van der Waals surface area contributed by atoms with Gasteiger partial charge in [-0.05, 0) is 50.9 Å². The fraction of sp³-hybridized carbons (Fsp3) is 1.00. The first-order valence-electron chi connectivity index (χ1n) is 5.33. The quantitative estimate of drug-likeness (QED) is 0.660. The lowest BCUT2D eigenvalue weighted by Crippen LogP contribution is -2.50. The van der Waals surface area contributed by atoms with Crippen LogP contribution in [0.2, 0.25) is 0 Å². The van der Waals surface area contributed by atoms with Crippen molar-refractivity contribution in [2.45, 2.75) is 19.8 Å². The molecule has 2 aliphatic rings. The Bertz CT molecular complexity index is 143. The first-order valence-corrected chi connectivity index (χ1v) is 5.33. The molecule has 2 heteroatoms. The van der Waals surface area contributed by atoms with Crippen LogP contribution in [0.3, 0.4) is 0 Å². The number of nitrogens with zero attached hydrogens (tertiary/aromatic N) is 1. The summed E-state index contributed by atoms with van der Waals surface area (Å²) in [6.07, 6.45) is 2.90. The highest BCUT2D eigenvalue weighted by molar-refractivity contribution is 4.85. The van der Waals surface area contributed by atoms with Crippen molar-refractivity contribution in [1.29, 1.82) is 0 Å². The molecule has 0 saturated carbocycles. The number of rotatable bonds is 2. The third-order valence-electron chi connectivity index (χ3n) is 3.47. The number of likely N-dealkylation sites (tertiary alicyclic amines) is 1. The van der Waals surface area contributed by atoms with Gasteiger partial charge in [0.1, 0.15) is 0 Å². The normalized spacial score (nSPS) is 33.2. The van der Waals surface area contributed by atoms with Gasteiger partial charge in [0.15, 0.2) is 0 Å². The summed E-state index contributed by atoms with van der Waals surface area (Å²) in [6, 6.07) is 0. The van der Waals surface area contributed by atoms with Gasteiger partial charge >= 0.3 is 0 Å². The molecule has 0 aromatic heterocycles. The second kappa shape index (κ2) is 3.75. The average molecular weight is 168 g/mol. The molecule has 0 radical (unpaired) electrons. The zero-order valence-electron chi connectivity index (χ0n) is 8.05. The van der Waals surface area contributed by atoms with Crippen LogP contribution in [-0.2, 0) is 0 Å². The van der Waals surface area contributed by atoms with Crippen LogP contribution in [0.5, 0.6) is 0 Å². The molecule has 0 spiro atoms. The van der Waals surface area contributed by atoms with Crippen molar-refractivity contribution < 1.29 is 0 Å². The largest absolute Gasteiger partial charge is 0.316 e. The van der Waals surface area contributed by atoms with Gasteiger partial charge in [-0.3, -0.25) is 0 Å². The predicted molar refractivity (Wildman–Crippen MR) is 51.2 cm³/mol. The molecule has 2 nitrogen and oxygen atoms in total. The summed E-state index contributed by atoms with van der Waals surface area (Å²) >= 11 is 0. The van der Waals surface area contributed by atoms with Gasteiger partial charge in [0.2, 0.25) is 0 Å². The molecule has 0 bridgehead atoms. The molecule has 1 unspecified atom stereocenters. The van der Waals surface area contributed by atoms with Gasteiger partial charge in [-0.1, -0.05) is 6.92 Å². The Morgan fingerprint density at radius 2 is 2.17 bits per heavy atom. The van der Waals surface area contributed by atoms with Crippen LogP contribution in [-0.4, -0.2) is 37.6 Å². The van der Waals surface area contributed by atoms with E-state index in [4.69, 9.17) is 0 Å². The molecular weight excluding hydrogens is 148 g/mol. The summed E-state index contributed by atoms with van der Waals surface area (Å²) in [6.45, 7) is 8.79. The van der Waals surface area contributed by atoms with Crippen LogP contribution in [0.25, 0.3) is 0 Å². The van der Waals surface area contributed by atoms with Crippen LogP contribution in [0.1, 0.15) is 19.8 Å². The van der Waals surface area contributed by atoms with Crippen molar-refractivity contribution in [3.05, 3.63) is 0 Å². The molecule has 70 valence electrons. The van der Waals surface area contributed by atoms with Crippen molar-refractivity contribution in [3.63, 3.8) is 0 Å². The van der Waals surface area contributed by atoms with Crippen molar-refractivity contribution in [2.75, 3.05) is 32.7 Å². The van der Waals surface area contributed by atoms with Crippen molar-refractivity contribution in [1.82, 2.24) is 10.2 Å². The molecule has 0 aliphatic carbocycles. The molecule has 0 aromatic carbocycles. The number of hydrogen-bond acceptors (Lipinski definition) is 2. The molecule has 1 atom stereocenters. The standard InChI is InChI=1S/C10H20N2/c1-2-12-5-3-4-9(8-12)10-6-11-7-10/h9-11H,2-8H2,1H3. The number of piperidine rings is 1. The number of nitrogens with one attached hydrogen (secondary N) is 1. The first kappa shape index (κ1) is 8.52. The van der Waals surface area contributed by atoms with Crippen molar-refractivity contribution in [3.8, 4) is 0 Å². The van der Waals surface area contributed by atoms with Gasteiger partial charge in [-0.2, -0.15) is 0 Å². The lowest BCUT2D eigenvalue weighted by Gasteiger charge is -2.40. The highest BCUT2D eigenvalue weighted by Crippen LogP contribution is 2.26. The second-order valence-corrected chi connectivity index (χ2v) is 4.21. The minimum absolute atomic E-state index is 0.999. The topological polar surface area (TPSA) is 15.3 Å². The van der Waals surface area contributed by atoms with E-state index in [1.165, 1.54) is 45.6 Å². The molecular formula is C10H20N2. The molecule has 2 saturated heterocycles. The van der Waals surface area contributed by atoms with E-state index in [9.17, 15) is 0 Å². The van der Waals surface area contributed by atoms with E-state index in [0.29, 0.717) is 0 Å². The Balaban J connectivity index is 1.81. The Labute approximate surface area is 75.3 Å². The van der Waals surface area contributed by atoms with Crippen LogP contribution >= 0.6 is 0 Å². The fourth-order valence-corrected chi connectivity index (χ4v) is 2.41. The van der Waals surface area contributed by atoms with E-state index in [2.05, 4.69) is 17.1 Å². The van der Waals surface area contributed by atoms with E-state index >= 15 is 0 Å².